The van der Waals surface area contributed by atoms with Gasteiger partial charge in [0.05, 0.1) is 19.3 Å². The molecule has 0 saturated carbocycles. The van der Waals surface area contributed by atoms with Crippen LogP contribution in [-0.4, -0.2) is 46.4 Å². The Labute approximate surface area is 123 Å². The van der Waals surface area contributed by atoms with Crippen LogP contribution in [0.25, 0.3) is 0 Å². The van der Waals surface area contributed by atoms with Crippen LogP contribution in [0.5, 0.6) is 0 Å². The van der Waals surface area contributed by atoms with Crippen molar-refractivity contribution in [2.75, 3.05) is 13.7 Å². The lowest BCUT2D eigenvalue weighted by atomic mass is 10.1. The summed E-state index contributed by atoms with van der Waals surface area (Å²) in [7, 11) is 1.29. The number of fused-ring (bicyclic) bond motifs is 1. The van der Waals surface area contributed by atoms with Gasteiger partial charge in [-0.2, -0.15) is 5.10 Å². The van der Waals surface area contributed by atoms with Crippen molar-refractivity contribution in [1.29, 1.82) is 0 Å². The summed E-state index contributed by atoms with van der Waals surface area (Å²) >= 11 is 0. The molecule has 2 heterocycles. The van der Waals surface area contributed by atoms with Crippen LogP contribution in [0.3, 0.4) is 0 Å². The number of carbonyl (C=O) groups is 2. The fourth-order valence-corrected chi connectivity index (χ4v) is 2.02. The second-order valence-electron chi connectivity index (χ2n) is 5.84. The van der Waals surface area contributed by atoms with E-state index in [0.29, 0.717) is 19.5 Å². The molecule has 0 aromatic carbocycles. The van der Waals surface area contributed by atoms with Crippen LogP contribution >= 0.6 is 0 Å². The second kappa shape index (κ2) is 5.67. The predicted octanol–water partition coefficient (Wildman–Crippen LogP) is 1.56. The normalized spacial score (nSPS) is 14.4. The van der Waals surface area contributed by atoms with Gasteiger partial charge in [-0.25, -0.2) is 9.59 Å². The number of carbonyl (C=O) groups excluding carboxylic acids is 2. The fraction of sp³-hybridized carbons (Fsp3) is 0.571. The van der Waals surface area contributed by atoms with Crippen molar-refractivity contribution in [3.63, 3.8) is 0 Å². The molecule has 0 radical (unpaired) electrons. The van der Waals surface area contributed by atoms with Gasteiger partial charge in [-0.3, -0.25) is 0 Å². The van der Waals surface area contributed by atoms with Crippen LogP contribution in [0, 0.1) is 0 Å². The second-order valence-corrected chi connectivity index (χ2v) is 5.84. The Kier molecular flexibility index (Phi) is 4.11. The molecule has 0 saturated heterocycles. The van der Waals surface area contributed by atoms with Crippen molar-refractivity contribution >= 4 is 12.1 Å². The van der Waals surface area contributed by atoms with Crippen LogP contribution in [0.2, 0.25) is 0 Å². The smallest absolute Gasteiger partial charge is 0.410 e. The number of methoxy groups -OCH3 is 1. The van der Waals surface area contributed by atoms with Crippen LogP contribution in [0.1, 0.15) is 42.5 Å². The highest BCUT2D eigenvalue weighted by Gasteiger charge is 2.27. The summed E-state index contributed by atoms with van der Waals surface area (Å²) in [5.41, 5.74) is 1.19. The third-order valence-corrected chi connectivity index (χ3v) is 2.99. The minimum Gasteiger partial charge on any atom is -0.464 e. The Morgan fingerprint density at radius 2 is 2.00 bits per heavy atom. The zero-order valence-corrected chi connectivity index (χ0v) is 12.7. The Morgan fingerprint density at radius 3 is 2.62 bits per heavy atom. The van der Waals surface area contributed by atoms with Crippen LogP contribution in [-0.2, 0) is 22.4 Å². The first-order chi connectivity index (χ1) is 9.80. The van der Waals surface area contributed by atoms with Crippen molar-refractivity contribution < 1.29 is 19.1 Å². The van der Waals surface area contributed by atoms with Crippen molar-refractivity contribution in [1.82, 2.24) is 15.1 Å². The number of aromatic nitrogens is 2. The summed E-state index contributed by atoms with van der Waals surface area (Å²) in [6.45, 7) is 6.34. The molecular formula is C14H19N3O4. The maximum absolute atomic E-state index is 12.1. The first-order valence-corrected chi connectivity index (χ1v) is 6.72. The molecule has 0 unspecified atom stereocenters. The van der Waals surface area contributed by atoms with Crippen molar-refractivity contribution in [2.45, 2.75) is 39.3 Å². The van der Waals surface area contributed by atoms with E-state index in [1.54, 1.807) is 11.0 Å². The van der Waals surface area contributed by atoms with Gasteiger partial charge in [-0.1, -0.05) is 0 Å². The van der Waals surface area contributed by atoms with E-state index in [1.165, 1.54) is 7.11 Å². The van der Waals surface area contributed by atoms with E-state index in [0.717, 1.165) is 11.3 Å². The molecule has 0 bridgehead atoms. The average Bonchev–Trinajstić information content (AvgIpc) is 2.43. The van der Waals surface area contributed by atoms with E-state index >= 15 is 0 Å². The van der Waals surface area contributed by atoms with Crippen LogP contribution in [0.15, 0.2) is 6.07 Å². The number of rotatable bonds is 1. The van der Waals surface area contributed by atoms with Gasteiger partial charge < -0.3 is 14.4 Å². The summed E-state index contributed by atoms with van der Waals surface area (Å²) in [6.07, 6.45) is 0.216. The monoisotopic (exact) mass is 293 g/mol. The molecule has 7 nitrogen and oxygen atoms in total. The Balaban J connectivity index is 2.15. The number of ether oxygens (including phenoxy) is 2. The summed E-state index contributed by atoms with van der Waals surface area (Å²) in [6, 6.07) is 1.62. The first-order valence-electron chi connectivity index (χ1n) is 6.72. The molecule has 1 aliphatic rings. The highest BCUT2D eigenvalue weighted by molar-refractivity contribution is 5.87. The Bertz CT molecular complexity index is 566. The van der Waals surface area contributed by atoms with Crippen molar-refractivity contribution in [3.05, 3.63) is 23.0 Å². The summed E-state index contributed by atoms with van der Waals surface area (Å²) in [5, 5.41) is 7.86. The molecular weight excluding hydrogens is 274 g/mol. The largest absolute Gasteiger partial charge is 0.464 e. The molecule has 1 aromatic heterocycles. The number of esters is 1. The maximum Gasteiger partial charge on any atom is 0.410 e. The van der Waals surface area contributed by atoms with Gasteiger partial charge in [0.15, 0.2) is 5.69 Å². The molecule has 114 valence electrons. The molecule has 1 amide bonds. The predicted molar refractivity (Wildman–Crippen MR) is 73.7 cm³/mol. The molecule has 1 aromatic rings. The van der Waals surface area contributed by atoms with Gasteiger partial charge >= 0.3 is 12.1 Å². The summed E-state index contributed by atoms with van der Waals surface area (Å²) < 4.78 is 9.97. The molecule has 0 N–H and O–H groups in total. The topological polar surface area (TPSA) is 81.6 Å². The quantitative estimate of drug-likeness (QED) is 0.731. The highest BCUT2D eigenvalue weighted by atomic mass is 16.6. The Hall–Kier alpha value is -2.18. The summed E-state index contributed by atoms with van der Waals surface area (Å²) in [5.74, 6) is -0.542. The number of hydrogen-bond donors (Lipinski definition) is 0. The molecule has 0 spiro atoms. The van der Waals surface area contributed by atoms with E-state index in [2.05, 4.69) is 14.9 Å². The maximum atomic E-state index is 12.1. The molecule has 2 rings (SSSR count). The zero-order valence-electron chi connectivity index (χ0n) is 12.7. The molecule has 0 aliphatic carbocycles. The third kappa shape index (κ3) is 3.68. The minimum absolute atomic E-state index is 0.141. The van der Waals surface area contributed by atoms with E-state index in [4.69, 9.17) is 4.74 Å². The standard InChI is InChI=1S/C14H19N3O4/c1-14(2,3)21-13(19)17-6-5-10-9(8-17)7-11(16-15-10)12(18)20-4/h7H,5-6,8H2,1-4H3. The van der Waals surface area contributed by atoms with Gasteiger partial charge in [0, 0.05) is 13.0 Å². The van der Waals surface area contributed by atoms with E-state index in [1.807, 2.05) is 20.8 Å². The summed E-state index contributed by atoms with van der Waals surface area (Å²) in [4.78, 5) is 25.1. The molecule has 1 aliphatic heterocycles. The molecule has 0 fully saturated rings. The average molecular weight is 293 g/mol. The first kappa shape index (κ1) is 15.2. The molecule has 0 atom stereocenters. The van der Waals surface area contributed by atoms with Crippen LogP contribution < -0.4 is 0 Å². The lowest BCUT2D eigenvalue weighted by Crippen LogP contribution is -2.40. The van der Waals surface area contributed by atoms with E-state index in [-0.39, 0.29) is 11.8 Å². The third-order valence-electron chi connectivity index (χ3n) is 2.99. The lowest BCUT2D eigenvalue weighted by Gasteiger charge is -2.30. The van der Waals surface area contributed by atoms with Gasteiger partial charge in [-0.15, -0.1) is 5.10 Å². The number of nitrogens with zero attached hydrogens (tertiary/aromatic N) is 3. The van der Waals surface area contributed by atoms with Gasteiger partial charge in [0.25, 0.3) is 0 Å². The number of amides is 1. The molecule has 21 heavy (non-hydrogen) atoms. The highest BCUT2D eigenvalue weighted by Crippen LogP contribution is 2.20. The zero-order chi connectivity index (χ0) is 15.6. The van der Waals surface area contributed by atoms with Crippen molar-refractivity contribution in [3.8, 4) is 0 Å². The van der Waals surface area contributed by atoms with Gasteiger partial charge in [-0.05, 0) is 32.4 Å². The van der Waals surface area contributed by atoms with Gasteiger partial charge in [0.2, 0.25) is 0 Å². The minimum atomic E-state index is -0.542. The van der Waals surface area contributed by atoms with E-state index in [9.17, 15) is 9.59 Å². The lowest BCUT2D eigenvalue weighted by molar-refractivity contribution is 0.0222. The van der Waals surface area contributed by atoms with E-state index < -0.39 is 11.6 Å². The molecule has 7 heteroatoms. The SMILES string of the molecule is COC(=O)c1cc2c(nn1)CCN(C(=O)OC(C)(C)C)C2. The van der Waals surface area contributed by atoms with Gasteiger partial charge in [0.1, 0.15) is 5.60 Å². The number of hydrogen-bond acceptors (Lipinski definition) is 6. The van der Waals surface area contributed by atoms with Crippen LogP contribution in [0.4, 0.5) is 4.79 Å². The van der Waals surface area contributed by atoms with Crippen molar-refractivity contribution in [2.24, 2.45) is 0 Å². The fourth-order valence-electron chi connectivity index (χ4n) is 2.02. The Morgan fingerprint density at radius 1 is 1.29 bits per heavy atom.